The van der Waals surface area contributed by atoms with Gasteiger partial charge in [0.1, 0.15) is 6.61 Å². The van der Waals surface area contributed by atoms with Gasteiger partial charge in [-0.1, -0.05) is 18.6 Å². The van der Waals surface area contributed by atoms with Gasteiger partial charge in [0.05, 0.1) is 6.61 Å². The highest BCUT2D eigenvalue weighted by Gasteiger charge is 2.35. The molecule has 1 aliphatic rings. The molecule has 20 heavy (non-hydrogen) atoms. The lowest BCUT2D eigenvalue weighted by Crippen LogP contribution is -2.44. The van der Waals surface area contributed by atoms with Gasteiger partial charge in [0.15, 0.2) is 11.5 Å². The molecule has 3 nitrogen and oxygen atoms in total. The van der Waals surface area contributed by atoms with E-state index in [-0.39, 0.29) is 0 Å². The van der Waals surface area contributed by atoms with Crippen LogP contribution >= 0.6 is 11.8 Å². The Morgan fingerprint density at radius 2 is 1.90 bits per heavy atom. The van der Waals surface area contributed by atoms with E-state index in [4.69, 9.17) is 9.47 Å². The Morgan fingerprint density at radius 3 is 2.45 bits per heavy atom. The van der Waals surface area contributed by atoms with Crippen LogP contribution in [0.25, 0.3) is 0 Å². The molecule has 0 heterocycles. The SMILES string of the molecule is CCOc1ccccc1OCCNCC1(SC)CCC1. The predicted molar refractivity (Wildman–Crippen MR) is 86.1 cm³/mol. The molecule has 0 aromatic heterocycles. The van der Waals surface area contributed by atoms with Crippen LogP contribution in [-0.2, 0) is 0 Å². The second-order valence-electron chi connectivity index (χ2n) is 5.15. The van der Waals surface area contributed by atoms with Crippen LogP contribution in [0.15, 0.2) is 24.3 Å². The van der Waals surface area contributed by atoms with Gasteiger partial charge in [-0.25, -0.2) is 0 Å². The molecule has 1 aromatic carbocycles. The van der Waals surface area contributed by atoms with Gasteiger partial charge < -0.3 is 14.8 Å². The van der Waals surface area contributed by atoms with E-state index in [2.05, 4.69) is 11.6 Å². The number of ether oxygens (including phenoxy) is 2. The first-order valence-electron chi connectivity index (χ1n) is 7.40. The summed E-state index contributed by atoms with van der Waals surface area (Å²) in [6, 6.07) is 7.85. The Labute approximate surface area is 126 Å². The van der Waals surface area contributed by atoms with Crippen molar-refractivity contribution >= 4 is 11.8 Å². The average Bonchev–Trinajstić information content (AvgIpc) is 2.43. The van der Waals surface area contributed by atoms with Gasteiger partial charge in [-0.3, -0.25) is 0 Å². The number of benzene rings is 1. The van der Waals surface area contributed by atoms with Crippen LogP contribution in [0.4, 0.5) is 0 Å². The maximum atomic E-state index is 5.80. The lowest BCUT2D eigenvalue weighted by molar-refractivity contribution is 0.269. The summed E-state index contributed by atoms with van der Waals surface area (Å²) in [6.45, 7) is 5.29. The van der Waals surface area contributed by atoms with Crippen LogP contribution in [0.1, 0.15) is 26.2 Å². The molecule has 0 unspecified atom stereocenters. The maximum Gasteiger partial charge on any atom is 0.161 e. The molecule has 0 bridgehead atoms. The summed E-state index contributed by atoms with van der Waals surface area (Å²) in [5, 5.41) is 3.51. The predicted octanol–water partition coefficient (Wildman–Crippen LogP) is 3.34. The van der Waals surface area contributed by atoms with Gasteiger partial charge in [-0.05, 0) is 38.2 Å². The quantitative estimate of drug-likeness (QED) is 0.708. The molecule has 0 aliphatic heterocycles. The third-order valence-electron chi connectivity index (χ3n) is 3.83. The van der Waals surface area contributed by atoms with Crippen molar-refractivity contribution in [1.82, 2.24) is 5.32 Å². The molecule has 0 radical (unpaired) electrons. The number of rotatable bonds is 9. The van der Waals surface area contributed by atoms with E-state index >= 15 is 0 Å². The highest BCUT2D eigenvalue weighted by atomic mass is 32.2. The Bertz CT molecular complexity index is 402. The van der Waals surface area contributed by atoms with Crippen LogP contribution in [0.3, 0.4) is 0 Å². The first-order chi connectivity index (χ1) is 9.79. The highest BCUT2D eigenvalue weighted by molar-refractivity contribution is 8.00. The summed E-state index contributed by atoms with van der Waals surface area (Å²) in [6.07, 6.45) is 6.28. The number of hydrogen-bond donors (Lipinski definition) is 1. The van der Waals surface area contributed by atoms with Crippen LogP contribution in [0, 0.1) is 0 Å². The van der Waals surface area contributed by atoms with Gasteiger partial charge in [0.25, 0.3) is 0 Å². The molecule has 112 valence electrons. The molecule has 0 spiro atoms. The maximum absolute atomic E-state index is 5.80. The molecule has 2 rings (SSSR count). The average molecular weight is 295 g/mol. The molecule has 1 aromatic rings. The summed E-state index contributed by atoms with van der Waals surface area (Å²) < 4.78 is 11.8. The van der Waals surface area contributed by atoms with E-state index in [0.29, 0.717) is 18.0 Å². The molecule has 0 atom stereocenters. The van der Waals surface area contributed by atoms with Gasteiger partial charge in [-0.2, -0.15) is 11.8 Å². The summed E-state index contributed by atoms with van der Waals surface area (Å²) in [4.78, 5) is 0. The third-order valence-corrected chi connectivity index (χ3v) is 5.25. The molecule has 1 fully saturated rings. The van der Waals surface area contributed by atoms with Gasteiger partial charge in [-0.15, -0.1) is 0 Å². The number of thioether (sulfide) groups is 1. The summed E-state index contributed by atoms with van der Waals surface area (Å²) >= 11 is 2.00. The smallest absolute Gasteiger partial charge is 0.161 e. The van der Waals surface area contributed by atoms with Crippen molar-refractivity contribution in [3.8, 4) is 11.5 Å². The van der Waals surface area contributed by atoms with E-state index < -0.39 is 0 Å². The Balaban J connectivity index is 1.68. The van der Waals surface area contributed by atoms with Crippen LogP contribution in [0.5, 0.6) is 11.5 Å². The topological polar surface area (TPSA) is 30.5 Å². The normalized spacial score (nSPS) is 16.5. The molecule has 4 heteroatoms. The minimum absolute atomic E-state index is 0.489. The Hall–Kier alpha value is -0.870. The van der Waals surface area contributed by atoms with E-state index in [1.165, 1.54) is 19.3 Å². The molecule has 1 N–H and O–H groups in total. The highest BCUT2D eigenvalue weighted by Crippen LogP contribution is 2.42. The van der Waals surface area contributed by atoms with Crippen molar-refractivity contribution in [3.05, 3.63) is 24.3 Å². The van der Waals surface area contributed by atoms with Gasteiger partial charge in [0, 0.05) is 17.8 Å². The largest absolute Gasteiger partial charge is 0.490 e. The van der Waals surface area contributed by atoms with Crippen molar-refractivity contribution < 1.29 is 9.47 Å². The van der Waals surface area contributed by atoms with Crippen molar-refractivity contribution in [2.75, 3.05) is 32.6 Å². The van der Waals surface area contributed by atoms with E-state index in [9.17, 15) is 0 Å². The van der Waals surface area contributed by atoms with Gasteiger partial charge >= 0.3 is 0 Å². The van der Waals surface area contributed by atoms with Gasteiger partial charge in [0.2, 0.25) is 0 Å². The van der Waals surface area contributed by atoms with E-state index in [1.807, 2.05) is 43.0 Å². The molecular formula is C16H25NO2S. The third kappa shape index (κ3) is 4.06. The summed E-state index contributed by atoms with van der Waals surface area (Å²) in [5.74, 6) is 1.66. The number of hydrogen-bond acceptors (Lipinski definition) is 4. The van der Waals surface area contributed by atoms with E-state index in [1.54, 1.807) is 0 Å². The van der Waals surface area contributed by atoms with Crippen molar-refractivity contribution in [2.24, 2.45) is 0 Å². The molecule has 1 saturated carbocycles. The standard InChI is InChI=1S/C16H25NO2S/c1-3-18-14-7-4-5-8-15(14)19-12-11-17-13-16(20-2)9-6-10-16/h4-5,7-8,17H,3,6,9-13H2,1-2H3. The fourth-order valence-corrected chi connectivity index (χ4v) is 3.36. The molecule has 0 saturated heterocycles. The minimum atomic E-state index is 0.489. The second kappa shape index (κ2) is 7.79. The molecule has 1 aliphatic carbocycles. The number of nitrogens with one attached hydrogen (secondary N) is 1. The van der Waals surface area contributed by atoms with Crippen molar-refractivity contribution in [2.45, 2.75) is 30.9 Å². The lowest BCUT2D eigenvalue weighted by Gasteiger charge is -2.40. The van der Waals surface area contributed by atoms with Crippen molar-refractivity contribution in [1.29, 1.82) is 0 Å². The zero-order valence-corrected chi connectivity index (χ0v) is 13.3. The van der Waals surface area contributed by atoms with Crippen LogP contribution in [-0.4, -0.2) is 37.3 Å². The summed E-state index contributed by atoms with van der Waals surface area (Å²) in [5.41, 5.74) is 0. The Kier molecular flexibility index (Phi) is 6.05. The minimum Gasteiger partial charge on any atom is -0.490 e. The fourth-order valence-electron chi connectivity index (χ4n) is 2.42. The zero-order chi connectivity index (χ0) is 14.3. The first-order valence-corrected chi connectivity index (χ1v) is 8.62. The van der Waals surface area contributed by atoms with E-state index in [0.717, 1.165) is 24.6 Å². The second-order valence-corrected chi connectivity index (χ2v) is 6.42. The Morgan fingerprint density at radius 1 is 1.20 bits per heavy atom. The van der Waals surface area contributed by atoms with Crippen LogP contribution < -0.4 is 14.8 Å². The zero-order valence-electron chi connectivity index (χ0n) is 12.5. The number of para-hydroxylation sites is 2. The summed E-state index contributed by atoms with van der Waals surface area (Å²) in [7, 11) is 0. The molecular weight excluding hydrogens is 270 g/mol. The monoisotopic (exact) mass is 295 g/mol. The fraction of sp³-hybridized carbons (Fsp3) is 0.625. The van der Waals surface area contributed by atoms with Crippen LogP contribution in [0.2, 0.25) is 0 Å². The lowest BCUT2D eigenvalue weighted by atomic mass is 9.84. The van der Waals surface area contributed by atoms with Crippen molar-refractivity contribution in [3.63, 3.8) is 0 Å². The molecule has 0 amide bonds. The first kappa shape index (κ1) is 15.5.